The molecule has 0 heterocycles. The molecule has 0 rings (SSSR count). The molecule has 0 bridgehead atoms. The van der Waals surface area contributed by atoms with E-state index in [4.69, 9.17) is 41.6 Å². The zero-order valence-corrected chi connectivity index (χ0v) is 24.8. The Hall–Kier alpha value is 2.27. The monoisotopic (exact) mass is 482 g/mol. The molecule has 0 spiro atoms. The van der Waals surface area contributed by atoms with Crippen LogP contribution in [0.15, 0.2) is 0 Å². The molecular weight excluding hydrogens is 464 g/mol. The topological polar surface area (TPSA) is 192 Å². The maximum atomic E-state index is 10.2. The molecule has 0 saturated heterocycles. The van der Waals surface area contributed by atoms with Gasteiger partial charge in [0.1, 0.15) is 0 Å². The number of nitriles is 6. The number of carbonyl (C=O) groups excluding carboxylic acids is 1. The van der Waals surface area contributed by atoms with Gasteiger partial charge in [-0.15, -0.1) is 0 Å². The van der Waals surface area contributed by atoms with Crippen molar-refractivity contribution in [3.63, 3.8) is 0 Å². The summed E-state index contributed by atoms with van der Waals surface area (Å²) in [5.74, 6) is 2.28. The molecule has 0 aliphatic heterocycles. The van der Waals surface area contributed by atoms with Crippen LogP contribution in [0.25, 0.3) is 0 Å². The number of hydrogen-bond donors (Lipinski definition) is 0. The van der Waals surface area contributed by atoms with E-state index in [-0.39, 0.29) is 236 Å². The van der Waals surface area contributed by atoms with E-state index < -0.39 is 0 Å². The zero-order chi connectivity index (χ0) is 17.1. The first-order valence-electron chi connectivity index (χ1n) is 3.49. The SMILES string of the molecule is C.C.C.C.N#CC#N.N#CC#N.N#C[B-]F.N#C[B-]F.O=CO[O-].[H-].[K+].[K+].[K+].[Na+]. The van der Waals surface area contributed by atoms with Gasteiger partial charge in [-0.1, -0.05) is 29.7 Å². The second-order valence-corrected chi connectivity index (χ2v) is 1.12. The van der Waals surface area contributed by atoms with Gasteiger partial charge >= 0.3 is 184 Å². The van der Waals surface area contributed by atoms with Gasteiger partial charge in [-0.2, -0.15) is 33.0 Å². The fourth-order valence-corrected chi connectivity index (χ4v) is 0. The Bertz CT molecular complexity index is 406. The van der Waals surface area contributed by atoms with E-state index >= 15 is 0 Å². The van der Waals surface area contributed by atoms with E-state index in [2.05, 4.69) is 4.89 Å². The minimum absolute atomic E-state index is 0. The average Bonchev–Trinajstić information content (AvgIpc) is 2.55. The minimum Gasteiger partial charge on any atom is -1.00 e. The van der Waals surface area contributed by atoms with Gasteiger partial charge in [0.25, 0.3) is 6.47 Å². The van der Waals surface area contributed by atoms with Crippen LogP contribution in [0.4, 0.5) is 8.63 Å². The van der Waals surface area contributed by atoms with E-state index in [1.54, 1.807) is 0 Å². The third-order valence-electron chi connectivity index (χ3n) is 0.237. The number of halogens is 2. The zero-order valence-electron chi connectivity index (χ0n) is 14.4. The Balaban J connectivity index is -0.00000000750. The Kier molecular flexibility index (Phi) is 483. The summed E-state index contributed by atoms with van der Waals surface area (Å²) in [5.41, 5.74) is 0. The smallest absolute Gasteiger partial charge is 1.00 e. The summed E-state index contributed by atoms with van der Waals surface area (Å²) in [6.45, 7) is -0.181. The van der Waals surface area contributed by atoms with Crippen LogP contribution in [0.1, 0.15) is 31.1 Å². The molecule has 17 heteroatoms. The standard InChI is InChI=1S/2C2N2.2CBFN.CH2O3.4CH4.3K.Na.H/c2*3-1-2-4;2*3-2-1-4;2-1-4-3;;;;;;;;;/h;;;;1,3H;4*1H4;;;;;/q;;2*-1;;;;;;4*+1;-1/p-1. The molecule has 0 aromatic carbocycles. The van der Waals surface area contributed by atoms with Crippen LogP contribution >= 0.6 is 0 Å². The van der Waals surface area contributed by atoms with Gasteiger partial charge in [0, 0.05) is 15.1 Å². The average molecular weight is 482 g/mol. The molecule has 0 N–H and O–H groups in total. The number of hydrogen-bond acceptors (Lipinski definition) is 9. The summed E-state index contributed by atoms with van der Waals surface area (Å²) in [7, 11) is -0.139. The molecule has 0 fully saturated rings. The van der Waals surface area contributed by atoms with Crippen LogP contribution in [0, 0.1) is 67.8 Å². The van der Waals surface area contributed by atoms with Crippen LogP contribution in [0.2, 0.25) is 0 Å². The summed E-state index contributed by atoms with van der Waals surface area (Å²) in [4.78, 5) is 11.2. The first-order chi connectivity index (χ1) is 9.57. The molecule has 28 heavy (non-hydrogen) atoms. The summed E-state index contributed by atoms with van der Waals surface area (Å²) < 4.78 is 20.5. The van der Waals surface area contributed by atoms with Gasteiger partial charge in [0.05, 0.1) is 0 Å². The molecule has 0 amide bonds. The molecule has 134 valence electrons. The van der Waals surface area contributed by atoms with Crippen molar-refractivity contribution in [2.75, 3.05) is 0 Å². The maximum absolute atomic E-state index is 10.2. The molecule has 0 aliphatic carbocycles. The van der Waals surface area contributed by atoms with Crippen molar-refractivity contribution in [3.05, 3.63) is 0 Å². The third-order valence-corrected chi connectivity index (χ3v) is 0.237. The fraction of sp³-hybridized carbons (Fsp3) is 0.364. The molecule has 9 nitrogen and oxygen atoms in total. The first-order valence-corrected chi connectivity index (χ1v) is 3.49. The van der Waals surface area contributed by atoms with E-state index in [1.807, 2.05) is 0 Å². The van der Waals surface area contributed by atoms with E-state index in [1.165, 1.54) is 24.3 Å². The molecule has 0 aliphatic rings. The van der Waals surface area contributed by atoms with Crippen LogP contribution in [0.5, 0.6) is 0 Å². The predicted molar refractivity (Wildman–Crippen MR) is 82.6 cm³/mol. The summed E-state index contributed by atoms with van der Waals surface area (Å²) >= 11 is 0. The second kappa shape index (κ2) is 155. The third kappa shape index (κ3) is 398. The Labute approximate surface area is 320 Å². The summed E-state index contributed by atoms with van der Waals surface area (Å²) in [5, 5.41) is 51.9. The van der Waals surface area contributed by atoms with Gasteiger partial charge in [0.2, 0.25) is 0 Å². The second-order valence-electron chi connectivity index (χ2n) is 1.12. The molecule has 0 aromatic heterocycles. The Morgan fingerprint density at radius 3 is 0.857 bits per heavy atom. The van der Waals surface area contributed by atoms with E-state index in [9.17, 15) is 8.63 Å². The first kappa shape index (κ1) is 87.0. The maximum Gasteiger partial charge on any atom is 1.00 e. The van der Waals surface area contributed by atoms with Crippen LogP contribution in [-0.4, -0.2) is 21.6 Å². The molecular formula is C11H18B2F2K3N6NaO3. The number of carbonyl (C=O) groups is 1. The van der Waals surface area contributed by atoms with Gasteiger partial charge in [0.15, 0.2) is 24.3 Å². The fourth-order valence-electron chi connectivity index (χ4n) is 0. The Morgan fingerprint density at radius 1 is 0.750 bits per heavy atom. The van der Waals surface area contributed by atoms with Crippen molar-refractivity contribution in [3.8, 4) is 36.2 Å². The van der Waals surface area contributed by atoms with Crippen molar-refractivity contribution in [1.82, 2.24) is 0 Å². The van der Waals surface area contributed by atoms with Crippen molar-refractivity contribution in [2.24, 2.45) is 0 Å². The summed E-state index contributed by atoms with van der Waals surface area (Å²) in [6.07, 6.45) is 0. The van der Waals surface area contributed by atoms with Crippen molar-refractivity contribution >= 4 is 21.6 Å². The Morgan fingerprint density at radius 2 is 0.857 bits per heavy atom. The van der Waals surface area contributed by atoms with Crippen LogP contribution < -0.4 is 189 Å². The molecule has 0 atom stereocenters. The van der Waals surface area contributed by atoms with Crippen molar-refractivity contribution in [2.45, 2.75) is 29.7 Å². The van der Waals surface area contributed by atoms with Crippen molar-refractivity contribution < 1.29 is 209 Å². The molecule has 0 unspecified atom stereocenters. The predicted octanol–water partition coefficient (Wildman–Crippen LogP) is -10.7. The van der Waals surface area contributed by atoms with Gasteiger partial charge in [-0.3, -0.25) is 15.3 Å². The largest absolute Gasteiger partial charge is 1.00 e. The summed E-state index contributed by atoms with van der Waals surface area (Å²) in [6, 6.07) is 4.94. The van der Waals surface area contributed by atoms with E-state index in [0.29, 0.717) is 0 Å². The van der Waals surface area contributed by atoms with Gasteiger partial charge < -0.3 is 20.2 Å². The van der Waals surface area contributed by atoms with Gasteiger partial charge in [-0.05, 0) is 0 Å². The van der Waals surface area contributed by atoms with Crippen molar-refractivity contribution in [1.29, 1.82) is 31.6 Å². The van der Waals surface area contributed by atoms with E-state index in [0.717, 1.165) is 11.9 Å². The minimum atomic E-state index is -0.181. The van der Waals surface area contributed by atoms with Crippen LogP contribution in [0.3, 0.4) is 0 Å². The number of rotatable bonds is 1. The molecule has 0 aromatic rings. The van der Waals surface area contributed by atoms with Crippen LogP contribution in [-0.2, 0) is 9.68 Å². The normalized spacial score (nSPS) is 2.89. The van der Waals surface area contributed by atoms with Gasteiger partial charge in [-0.25, -0.2) is 0 Å². The quantitative estimate of drug-likeness (QED) is 0.151. The number of nitrogens with zero attached hydrogens (tertiary/aromatic N) is 6. The molecule has 0 saturated carbocycles. The molecule has 4 radical (unpaired) electrons.